The molecule has 0 aliphatic carbocycles. The molecule has 0 saturated carbocycles. The summed E-state index contributed by atoms with van der Waals surface area (Å²) < 4.78 is 2.36. The molecule has 0 saturated heterocycles. The first-order valence-corrected chi connectivity index (χ1v) is 6.66. The highest BCUT2D eigenvalue weighted by Gasteiger charge is 2.20. The van der Waals surface area contributed by atoms with Crippen LogP contribution in [0.25, 0.3) is 21.8 Å². The fourth-order valence-electron chi connectivity index (χ4n) is 2.84. The van der Waals surface area contributed by atoms with E-state index in [4.69, 9.17) is 0 Å². The molecule has 2 heteroatoms. The van der Waals surface area contributed by atoms with Crippen LogP contribution in [0.15, 0.2) is 42.5 Å². The molecule has 2 aromatic carbocycles. The Morgan fingerprint density at radius 1 is 0.947 bits per heavy atom. The van der Waals surface area contributed by atoms with Crippen molar-refractivity contribution in [2.24, 2.45) is 0 Å². The van der Waals surface area contributed by atoms with Crippen molar-refractivity contribution in [3.05, 3.63) is 48.0 Å². The molecule has 0 bridgehead atoms. The van der Waals surface area contributed by atoms with Crippen molar-refractivity contribution in [3.63, 3.8) is 0 Å². The van der Waals surface area contributed by atoms with Crippen molar-refractivity contribution in [1.82, 2.24) is 4.57 Å². The van der Waals surface area contributed by atoms with Crippen LogP contribution in [0.5, 0.6) is 0 Å². The third-order valence-corrected chi connectivity index (χ3v) is 3.59. The first-order chi connectivity index (χ1) is 9.02. The van der Waals surface area contributed by atoms with Gasteiger partial charge in [-0.3, -0.25) is 0 Å². The average molecular weight is 253 g/mol. The quantitative estimate of drug-likeness (QED) is 0.695. The van der Waals surface area contributed by atoms with E-state index in [-0.39, 0.29) is 12.1 Å². The molecule has 98 valence electrons. The second-order valence-electron chi connectivity index (χ2n) is 6.03. The molecule has 3 rings (SSSR count). The maximum atomic E-state index is 9.36. The van der Waals surface area contributed by atoms with Crippen LogP contribution in [0.2, 0.25) is 0 Å². The predicted octanol–water partition coefficient (Wildman–Crippen LogP) is 4.04. The van der Waals surface area contributed by atoms with Crippen molar-refractivity contribution in [3.8, 4) is 0 Å². The summed E-state index contributed by atoms with van der Waals surface area (Å²) in [6, 6.07) is 14.7. The predicted molar refractivity (Wildman–Crippen MR) is 80.4 cm³/mol. The van der Waals surface area contributed by atoms with E-state index >= 15 is 0 Å². The third kappa shape index (κ3) is 1.83. The van der Waals surface area contributed by atoms with Crippen molar-refractivity contribution < 1.29 is 5.11 Å². The third-order valence-electron chi connectivity index (χ3n) is 3.59. The van der Waals surface area contributed by atoms with Crippen LogP contribution in [0.3, 0.4) is 0 Å². The van der Waals surface area contributed by atoms with Crippen LogP contribution >= 0.6 is 0 Å². The van der Waals surface area contributed by atoms with Gasteiger partial charge in [-0.2, -0.15) is 0 Å². The van der Waals surface area contributed by atoms with Gasteiger partial charge < -0.3 is 9.67 Å². The standard InChI is InChI=1S/C17H19NO/c1-17(2,3)18-15-7-5-4-6-13(15)14-9-8-12(11-19)10-16(14)18/h4-10,19H,11H2,1-3H3. The molecule has 0 aliphatic heterocycles. The zero-order chi connectivity index (χ0) is 13.6. The van der Waals surface area contributed by atoms with Crippen molar-refractivity contribution in [1.29, 1.82) is 0 Å². The van der Waals surface area contributed by atoms with Crippen LogP contribution in [0, 0.1) is 0 Å². The lowest BCUT2D eigenvalue weighted by molar-refractivity contribution is 0.282. The SMILES string of the molecule is CC(C)(C)n1c2ccccc2c2ccc(CO)cc21. The second-order valence-corrected chi connectivity index (χ2v) is 6.03. The first-order valence-electron chi connectivity index (χ1n) is 6.66. The van der Waals surface area contributed by atoms with E-state index in [0.717, 1.165) is 5.56 Å². The van der Waals surface area contributed by atoms with Gasteiger partial charge in [-0.15, -0.1) is 0 Å². The van der Waals surface area contributed by atoms with E-state index in [9.17, 15) is 5.11 Å². The Hall–Kier alpha value is -1.80. The highest BCUT2D eigenvalue weighted by molar-refractivity contribution is 6.08. The smallest absolute Gasteiger partial charge is 0.0682 e. The van der Waals surface area contributed by atoms with E-state index < -0.39 is 0 Å². The highest BCUT2D eigenvalue weighted by Crippen LogP contribution is 2.34. The lowest BCUT2D eigenvalue weighted by Gasteiger charge is -2.24. The molecule has 1 heterocycles. The summed E-state index contributed by atoms with van der Waals surface area (Å²) in [5.74, 6) is 0. The molecule has 2 nitrogen and oxygen atoms in total. The minimum absolute atomic E-state index is 0.00936. The van der Waals surface area contributed by atoms with Crippen LogP contribution in [0.1, 0.15) is 26.3 Å². The lowest BCUT2D eigenvalue weighted by atomic mass is 10.1. The van der Waals surface area contributed by atoms with Crippen LogP contribution in [-0.2, 0) is 12.1 Å². The Kier molecular flexibility index (Phi) is 2.64. The zero-order valence-corrected chi connectivity index (χ0v) is 11.6. The first kappa shape index (κ1) is 12.2. The van der Waals surface area contributed by atoms with Gasteiger partial charge in [-0.1, -0.05) is 30.3 Å². The molecule has 0 fully saturated rings. The summed E-state index contributed by atoms with van der Waals surface area (Å²) in [6.45, 7) is 6.72. The van der Waals surface area contributed by atoms with E-state index in [1.165, 1.54) is 21.8 Å². The Labute approximate surface area is 113 Å². The van der Waals surface area contributed by atoms with E-state index in [0.29, 0.717) is 0 Å². The number of hydrogen-bond donors (Lipinski definition) is 1. The van der Waals surface area contributed by atoms with Crippen molar-refractivity contribution in [2.45, 2.75) is 32.9 Å². The molecule has 0 spiro atoms. The number of hydrogen-bond acceptors (Lipinski definition) is 1. The Bertz CT molecular complexity index is 747. The minimum atomic E-state index is 0.00936. The molecule has 0 unspecified atom stereocenters. The fraction of sp³-hybridized carbons (Fsp3) is 0.294. The summed E-state index contributed by atoms with van der Waals surface area (Å²) in [5.41, 5.74) is 3.41. The maximum Gasteiger partial charge on any atom is 0.0682 e. The van der Waals surface area contributed by atoms with Crippen molar-refractivity contribution >= 4 is 21.8 Å². The largest absolute Gasteiger partial charge is 0.392 e. The molecule has 0 radical (unpaired) electrons. The molecule has 1 aromatic heterocycles. The molecule has 3 aromatic rings. The molecular formula is C17H19NO. The molecule has 0 atom stereocenters. The van der Waals surface area contributed by atoms with E-state index in [1.54, 1.807) is 0 Å². The van der Waals surface area contributed by atoms with Crippen LogP contribution < -0.4 is 0 Å². The molecule has 0 aliphatic rings. The van der Waals surface area contributed by atoms with E-state index in [1.807, 2.05) is 6.07 Å². The number of aliphatic hydroxyl groups is 1. The number of aliphatic hydroxyl groups excluding tert-OH is 1. The van der Waals surface area contributed by atoms with Gasteiger partial charge in [0.15, 0.2) is 0 Å². The summed E-state index contributed by atoms with van der Waals surface area (Å²) in [4.78, 5) is 0. The number of rotatable bonds is 1. The minimum Gasteiger partial charge on any atom is -0.392 e. The van der Waals surface area contributed by atoms with Crippen LogP contribution in [0.4, 0.5) is 0 Å². The number of benzene rings is 2. The molecule has 19 heavy (non-hydrogen) atoms. The summed E-state index contributed by atoms with van der Waals surface area (Å²) >= 11 is 0. The molecule has 0 amide bonds. The lowest BCUT2D eigenvalue weighted by Crippen LogP contribution is -2.21. The normalized spacial score (nSPS) is 12.4. The monoisotopic (exact) mass is 253 g/mol. The number of fused-ring (bicyclic) bond motifs is 3. The maximum absolute atomic E-state index is 9.36. The van der Waals surface area contributed by atoms with Gasteiger partial charge in [0.25, 0.3) is 0 Å². The second kappa shape index (κ2) is 4.10. The number of nitrogens with zero attached hydrogens (tertiary/aromatic N) is 1. The number of para-hydroxylation sites is 1. The summed E-state index contributed by atoms with van der Waals surface area (Å²) in [5, 5.41) is 11.9. The zero-order valence-electron chi connectivity index (χ0n) is 11.6. The van der Waals surface area contributed by atoms with Gasteiger partial charge in [0.05, 0.1) is 6.61 Å². The summed E-state index contributed by atoms with van der Waals surface area (Å²) in [7, 11) is 0. The van der Waals surface area contributed by atoms with Crippen molar-refractivity contribution in [2.75, 3.05) is 0 Å². The average Bonchev–Trinajstić information content (AvgIpc) is 2.71. The van der Waals surface area contributed by atoms with E-state index in [2.05, 4.69) is 61.7 Å². The Balaban J connectivity index is 2.52. The molecule has 1 N–H and O–H groups in total. The molecular weight excluding hydrogens is 234 g/mol. The van der Waals surface area contributed by atoms with Gasteiger partial charge in [-0.05, 0) is 38.5 Å². The van der Waals surface area contributed by atoms with Gasteiger partial charge in [0.1, 0.15) is 0 Å². The van der Waals surface area contributed by atoms with Gasteiger partial charge >= 0.3 is 0 Å². The number of aromatic nitrogens is 1. The van der Waals surface area contributed by atoms with Gasteiger partial charge in [-0.25, -0.2) is 0 Å². The van der Waals surface area contributed by atoms with Gasteiger partial charge in [0.2, 0.25) is 0 Å². The van der Waals surface area contributed by atoms with Crippen LogP contribution in [-0.4, -0.2) is 9.67 Å². The topological polar surface area (TPSA) is 25.2 Å². The van der Waals surface area contributed by atoms with Gasteiger partial charge in [0, 0.05) is 27.3 Å². The fourth-order valence-corrected chi connectivity index (χ4v) is 2.84. The Morgan fingerprint density at radius 3 is 2.32 bits per heavy atom. The summed E-state index contributed by atoms with van der Waals surface area (Å²) in [6.07, 6.45) is 0. The Morgan fingerprint density at radius 2 is 1.63 bits per heavy atom. The highest BCUT2D eigenvalue weighted by atomic mass is 16.3.